The summed E-state index contributed by atoms with van der Waals surface area (Å²) in [5.41, 5.74) is 3.24. The van der Waals surface area contributed by atoms with E-state index >= 15 is 0 Å². The van der Waals surface area contributed by atoms with Crippen LogP contribution < -0.4 is 10.6 Å². The lowest BCUT2D eigenvalue weighted by Gasteiger charge is -2.32. The Morgan fingerprint density at radius 1 is 1.14 bits per heavy atom. The van der Waals surface area contributed by atoms with Gasteiger partial charge >= 0.3 is 0 Å². The number of thiocarbonyl (C=S) groups is 1. The fourth-order valence-electron chi connectivity index (χ4n) is 4.46. The molecule has 0 saturated heterocycles. The van der Waals surface area contributed by atoms with Crippen molar-refractivity contribution in [3.8, 4) is 6.07 Å². The summed E-state index contributed by atoms with van der Waals surface area (Å²) >= 11 is 18.2. The van der Waals surface area contributed by atoms with Gasteiger partial charge in [-0.1, -0.05) is 66.5 Å². The van der Waals surface area contributed by atoms with Crippen molar-refractivity contribution in [1.29, 1.82) is 5.26 Å². The molecule has 7 nitrogen and oxygen atoms in total. The van der Waals surface area contributed by atoms with E-state index in [1.807, 2.05) is 35.8 Å². The molecule has 3 aromatic carbocycles. The number of anilines is 1. The maximum atomic E-state index is 14.5. The minimum atomic E-state index is -0.477. The van der Waals surface area contributed by atoms with Crippen molar-refractivity contribution in [2.75, 3.05) is 11.9 Å². The van der Waals surface area contributed by atoms with Gasteiger partial charge in [-0.05, 0) is 60.1 Å². The first-order chi connectivity index (χ1) is 20.3. The molecule has 0 bridgehead atoms. The average Bonchev–Trinajstić information content (AvgIpc) is 3.42. The van der Waals surface area contributed by atoms with Crippen LogP contribution in [0.2, 0.25) is 10.0 Å². The van der Waals surface area contributed by atoms with Crippen LogP contribution in [0.25, 0.3) is 0 Å². The molecule has 2 N–H and O–H groups in total. The molecule has 0 saturated carbocycles. The molecule has 1 atom stereocenters. The van der Waals surface area contributed by atoms with Gasteiger partial charge in [-0.3, -0.25) is 9.69 Å². The standard InChI is InChI=1S/C31H29Cl2FN6OS/c1-2-24(17-36-16-23-6-5-7-26(32)30(23)33)40(31(42)38-28-9-4-3-8-27(28)34)29(41)14-25-18-37-20-39(25)19-22-12-10-21(15-35)11-13-22/h3-13,18,20,24,36H,2,14,16-17,19H2,1H3,(H,38,42)/t24-/m0/s1. The zero-order valence-corrected chi connectivity index (χ0v) is 25.2. The molecule has 0 radical (unpaired) electrons. The van der Waals surface area contributed by atoms with E-state index in [-0.39, 0.29) is 29.2 Å². The molecule has 0 fully saturated rings. The number of amides is 1. The molecule has 0 spiro atoms. The molecule has 0 aliphatic heterocycles. The molecule has 1 amide bonds. The van der Waals surface area contributed by atoms with Gasteiger partial charge < -0.3 is 15.2 Å². The Bertz CT molecular complexity index is 1590. The summed E-state index contributed by atoms with van der Waals surface area (Å²) in [6.07, 6.45) is 3.90. The number of benzene rings is 3. The summed E-state index contributed by atoms with van der Waals surface area (Å²) in [7, 11) is 0. The number of nitriles is 1. The van der Waals surface area contributed by atoms with Crippen LogP contribution in [0.15, 0.2) is 79.3 Å². The summed E-state index contributed by atoms with van der Waals surface area (Å²) in [6.45, 7) is 3.27. The number of nitrogens with one attached hydrogen (secondary N) is 2. The van der Waals surface area contributed by atoms with E-state index in [9.17, 15) is 9.18 Å². The van der Waals surface area contributed by atoms with Crippen LogP contribution >= 0.6 is 35.4 Å². The molecule has 42 heavy (non-hydrogen) atoms. The van der Waals surface area contributed by atoms with E-state index in [4.69, 9.17) is 40.7 Å². The van der Waals surface area contributed by atoms with Crippen LogP contribution in [0.4, 0.5) is 10.1 Å². The number of aromatic nitrogens is 2. The van der Waals surface area contributed by atoms with Crippen LogP contribution in [0.5, 0.6) is 0 Å². The topological polar surface area (TPSA) is 86.0 Å². The minimum absolute atomic E-state index is 0.0198. The number of carbonyl (C=O) groups is 1. The van der Waals surface area contributed by atoms with Crippen molar-refractivity contribution < 1.29 is 9.18 Å². The lowest BCUT2D eigenvalue weighted by atomic mass is 10.1. The molecule has 0 unspecified atom stereocenters. The number of para-hydroxylation sites is 1. The van der Waals surface area contributed by atoms with E-state index in [1.54, 1.807) is 48.9 Å². The lowest BCUT2D eigenvalue weighted by Crippen LogP contribution is -2.51. The molecule has 216 valence electrons. The summed E-state index contributed by atoms with van der Waals surface area (Å²) in [4.78, 5) is 19.7. The first kappa shape index (κ1) is 31.1. The molecule has 0 aliphatic rings. The van der Waals surface area contributed by atoms with Crippen molar-refractivity contribution in [1.82, 2.24) is 19.8 Å². The molecule has 11 heteroatoms. The summed E-state index contributed by atoms with van der Waals surface area (Å²) in [6, 6.07) is 20.6. The first-order valence-corrected chi connectivity index (χ1v) is 14.5. The molecular formula is C31H29Cl2FN6OS. The highest BCUT2D eigenvalue weighted by molar-refractivity contribution is 7.80. The largest absolute Gasteiger partial charge is 0.330 e. The number of rotatable bonds is 11. The summed E-state index contributed by atoms with van der Waals surface area (Å²) < 4.78 is 16.4. The smallest absolute Gasteiger partial charge is 0.235 e. The van der Waals surface area contributed by atoms with E-state index in [1.165, 1.54) is 11.0 Å². The zero-order valence-electron chi connectivity index (χ0n) is 22.9. The molecule has 4 rings (SSSR count). The SMILES string of the molecule is CC[C@@H](CNCc1cccc(Cl)c1Cl)N(C(=O)Cc1cncn1Cc1ccc(C#N)cc1)C(=S)Nc1ccccc1F. The third kappa shape index (κ3) is 7.93. The van der Waals surface area contributed by atoms with Crippen LogP contribution in [-0.2, 0) is 24.3 Å². The van der Waals surface area contributed by atoms with E-state index in [2.05, 4.69) is 21.7 Å². The predicted octanol–water partition coefficient (Wildman–Crippen LogP) is 6.59. The van der Waals surface area contributed by atoms with Gasteiger partial charge in [-0.25, -0.2) is 9.37 Å². The highest BCUT2D eigenvalue weighted by Crippen LogP contribution is 2.25. The average molecular weight is 624 g/mol. The van der Waals surface area contributed by atoms with Gasteiger partial charge in [0.05, 0.1) is 46.2 Å². The zero-order chi connectivity index (χ0) is 30.1. The Kier molecular flexibility index (Phi) is 11.0. The van der Waals surface area contributed by atoms with Gasteiger partial charge in [-0.2, -0.15) is 5.26 Å². The Morgan fingerprint density at radius 2 is 1.90 bits per heavy atom. The number of hydrogen-bond donors (Lipinski definition) is 2. The van der Waals surface area contributed by atoms with Crippen molar-refractivity contribution >= 4 is 52.1 Å². The highest BCUT2D eigenvalue weighted by atomic mass is 35.5. The van der Waals surface area contributed by atoms with E-state index in [0.717, 1.165) is 11.1 Å². The van der Waals surface area contributed by atoms with Gasteiger partial charge in [0.15, 0.2) is 5.11 Å². The van der Waals surface area contributed by atoms with Gasteiger partial charge in [0.25, 0.3) is 0 Å². The van der Waals surface area contributed by atoms with Gasteiger partial charge in [0.1, 0.15) is 5.82 Å². The number of hydrogen-bond acceptors (Lipinski definition) is 5. The number of halogens is 3. The van der Waals surface area contributed by atoms with E-state index in [0.29, 0.717) is 47.4 Å². The summed E-state index contributed by atoms with van der Waals surface area (Å²) in [5, 5.41) is 16.4. The van der Waals surface area contributed by atoms with Gasteiger partial charge in [0.2, 0.25) is 5.91 Å². The fourth-order valence-corrected chi connectivity index (χ4v) is 5.20. The lowest BCUT2D eigenvalue weighted by molar-refractivity contribution is -0.128. The molecule has 1 heterocycles. The molecule has 0 aliphatic carbocycles. The maximum Gasteiger partial charge on any atom is 0.235 e. The number of imidazole rings is 1. The second kappa shape index (κ2) is 14.9. The van der Waals surface area contributed by atoms with Crippen molar-refractivity contribution in [2.45, 2.75) is 38.9 Å². The monoisotopic (exact) mass is 622 g/mol. The Morgan fingerprint density at radius 3 is 2.62 bits per heavy atom. The second-order valence-electron chi connectivity index (χ2n) is 9.58. The van der Waals surface area contributed by atoms with Crippen LogP contribution in [-0.4, -0.2) is 38.1 Å². The normalized spacial score (nSPS) is 11.5. The molecular weight excluding hydrogens is 594 g/mol. The Hall–Kier alpha value is -3.81. The fraction of sp³-hybridized carbons (Fsp3) is 0.226. The van der Waals surface area contributed by atoms with Gasteiger partial charge in [0, 0.05) is 31.5 Å². The quantitative estimate of drug-likeness (QED) is 0.184. The third-order valence-corrected chi connectivity index (χ3v) is 7.89. The summed E-state index contributed by atoms with van der Waals surface area (Å²) in [5.74, 6) is -0.741. The van der Waals surface area contributed by atoms with Gasteiger partial charge in [-0.15, -0.1) is 0 Å². The van der Waals surface area contributed by atoms with Crippen LogP contribution in [0.1, 0.15) is 35.7 Å². The predicted molar refractivity (Wildman–Crippen MR) is 168 cm³/mol. The van der Waals surface area contributed by atoms with Crippen molar-refractivity contribution in [2.24, 2.45) is 0 Å². The molecule has 4 aromatic rings. The number of nitrogens with zero attached hydrogens (tertiary/aromatic N) is 4. The minimum Gasteiger partial charge on any atom is -0.330 e. The van der Waals surface area contributed by atoms with Crippen molar-refractivity contribution in [3.05, 3.63) is 118 Å². The van der Waals surface area contributed by atoms with Crippen molar-refractivity contribution in [3.63, 3.8) is 0 Å². The van der Waals surface area contributed by atoms with Crippen LogP contribution in [0, 0.1) is 17.1 Å². The third-order valence-electron chi connectivity index (χ3n) is 6.73. The Balaban J connectivity index is 1.53. The molecule has 1 aromatic heterocycles. The highest BCUT2D eigenvalue weighted by Gasteiger charge is 2.28. The maximum absolute atomic E-state index is 14.5. The number of carbonyl (C=O) groups excluding carboxylic acids is 1. The van der Waals surface area contributed by atoms with E-state index < -0.39 is 5.82 Å². The Labute approximate surface area is 259 Å². The van der Waals surface area contributed by atoms with Crippen LogP contribution in [0.3, 0.4) is 0 Å². The first-order valence-electron chi connectivity index (χ1n) is 13.3. The second-order valence-corrected chi connectivity index (χ2v) is 10.7.